The zero-order valence-electron chi connectivity index (χ0n) is 9.70. The van der Waals surface area contributed by atoms with Crippen LogP contribution in [0.15, 0.2) is 0 Å². The van der Waals surface area contributed by atoms with Gasteiger partial charge in [0, 0.05) is 6.92 Å². The highest BCUT2D eigenvalue weighted by atomic mass is 32.1. The standard InChI is InChI=1S/C11H15NO3S/c1-4-5-6-8-12-9(11(14)15-3)10(16-8)7(2)13/h4-6H2,1-3H3. The van der Waals surface area contributed by atoms with Crippen molar-refractivity contribution in [3.8, 4) is 0 Å². The Bertz CT molecular complexity index is 398. The average molecular weight is 241 g/mol. The second-order valence-electron chi connectivity index (χ2n) is 3.44. The first-order valence-electron chi connectivity index (χ1n) is 5.19. The molecule has 0 atom stereocenters. The Morgan fingerprint density at radius 3 is 2.62 bits per heavy atom. The van der Waals surface area contributed by atoms with Crippen molar-refractivity contribution in [2.75, 3.05) is 7.11 Å². The first-order chi connectivity index (χ1) is 7.60. The molecule has 1 aromatic heterocycles. The molecule has 88 valence electrons. The van der Waals surface area contributed by atoms with E-state index in [1.807, 2.05) is 0 Å². The third kappa shape index (κ3) is 2.88. The van der Waals surface area contributed by atoms with E-state index in [4.69, 9.17) is 0 Å². The summed E-state index contributed by atoms with van der Waals surface area (Å²) in [6.07, 6.45) is 2.87. The molecule has 0 N–H and O–H groups in total. The van der Waals surface area contributed by atoms with Crippen molar-refractivity contribution in [2.45, 2.75) is 33.1 Å². The normalized spacial score (nSPS) is 10.2. The predicted octanol–water partition coefficient (Wildman–Crippen LogP) is 2.47. The van der Waals surface area contributed by atoms with Gasteiger partial charge in [0.15, 0.2) is 11.5 Å². The maximum atomic E-state index is 11.4. The number of Topliss-reactive ketones (excluding diaryl/α,β-unsaturated/α-hetero) is 1. The maximum Gasteiger partial charge on any atom is 0.358 e. The number of hydrogen-bond acceptors (Lipinski definition) is 5. The summed E-state index contributed by atoms with van der Waals surface area (Å²) < 4.78 is 4.60. The molecule has 0 saturated carbocycles. The van der Waals surface area contributed by atoms with E-state index in [1.165, 1.54) is 25.4 Å². The molecule has 0 saturated heterocycles. The van der Waals surface area contributed by atoms with E-state index in [2.05, 4.69) is 16.6 Å². The topological polar surface area (TPSA) is 56.3 Å². The molecule has 0 bridgehead atoms. The molecule has 0 unspecified atom stereocenters. The number of aromatic nitrogens is 1. The van der Waals surface area contributed by atoms with Gasteiger partial charge in [-0.05, 0) is 12.8 Å². The van der Waals surface area contributed by atoms with Gasteiger partial charge in [-0.15, -0.1) is 11.3 Å². The summed E-state index contributed by atoms with van der Waals surface area (Å²) in [5, 5.41) is 0.826. The predicted molar refractivity (Wildman–Crippen MR) is 62.1 cm³/mol. The molecule has 0 fully saturated rings. The molecule has 0 spiro atoms. The number of carbonyl (C=O) groups excluding carboxylic acids is 2. The van der Waals surface area contributed by atoms with Gasteiger partial charge in [-0.2, -0.15) is 0 Å². The third-order valence-corrected chi connectivity index (χ3v) is 3.33. The summed E-state index contributed by atoms with van der Waals surface area (Å²) in [6, 6.07) is 0. The largest absolute Gasteiger partial charge is 0.464 e. The molecule has 5 heteroatoms. The van der Waals surface area contributed by atoms with Crippen LogP contribution in [0, 0.1) is 0 Å². The van der Waals surface area contributed by atoms with Gasteiger partial charge in [0.1, 0.15) is 4.88 Å². The minimum atomic E-state index is -0.538. The first kappa shape index (κ1) is 12.8. The van der Waals surface area contributed by atoms with Crippen LogP contribution >= 0.6 is 11.3 Å². The van der Waals surface area contributed by atoms with E-state index in [9.17, 15) is 9.59 Å². The molecule has 1 aromatic rings. The fourth-order valence-corrected chi connectivity index (χ4v) is 2.26. The van der Waals surface area contributed by atoms with Crippen molar-refractivity contribution in [1.82, 2.24) is 4.98 Å². The molecule has 1 rings (SSSR count). The quantitative estimate of drug-likeness (QED) is 0.587. The third-order valence-electron chi connectivity index (χ3n) is 2.11. The second kappa shape index (κ2) is 5.75. The second-order valence-corrected chi connectivity index (χ2v) is 4.52. The summed E-state index contributed by atoms with van der Waals surface area (Å²) >= 11 is 1.29. The summed E-state index contributed by atoms with van der Waals surface area (Å²) in [7, 11) is 1.29. The Kier molecular flexibility index (Phi) is 4.61. The van der Waals surface area contributed by atoms with E-state index >= 15 is 0 Å². The zero-order chi connectivity index (χ0) is 12.1. The molecule has 1 heterocycles. The average Bonchev–Trinajstić information content (AvgIpc) is 2.69. The van der Waals surface area contributed by atoms with Crippen LogP contribution in [-0.2, 0) is 11.2 Å². The number of esters is 1. The number of nitrogens with zero attached hydrogens (tertiary/aromatic N) is 1. The number of carbonyl (C=O) groups is 2. The molecule has 4 nitrogen and oxygen atoms in total. The fourth-order valence-electron chi connectivity index (χ4n) is 1.27. The van der Waals surface area contributed by atoms with Crippen molar-refractivity contribution in [3.05, 3.63) is 15.6 Å². The zero-order valence-corrected chi connectivity index (χ0v) is 10.5. The first-order valence-corrected chi connectivity index (χ1v) is 6.00. The van der Waals surface area contributed by atoms with Crippen LogP contribution in [0.4, 0.5) is 0 Å². The number of aryl methyl sites for hydroxylation is 1. The van der Waals surface area contributed by atoms with Crippen LogP contribution in [0.25, 0.3) is 0 Å². The summed E-state index contributed by atoms with van der Waals surface area (Å²) in [4.78, 5) is 27.3. The van der Waals surface area contributed by atoms with Crippen molar-refractivity contribution in [1.29, 1.82) is 0 Å². The Balaban J connectivity index is 3.00. The van der Waals surface area contributed by atoms with Gasteiger partial charge in [0.05, 0.1) is 12.1 Å². The monoisotopic (exact) mass is 241 g/mol. The van der Waals surface area contributed by atoms with Gasteiger partial charge in [0.25, 0.3) is 0 Å². The van der Waals surface area contributed by atoms with E-state index in [1.54, 1.807) is 0 Å². The minimum Gasteiger partial charge on any atom is -0.464 e. The number of ether oxygens (including phenoxy) is 1. The highest BCUT2D eigenvalue weighted by Crippen LogP contribution is 2.21. The summed E-state index contributed by atoms with van der Waals surface area (Å²) in [5.41, 5.74) is 0.158. The van der Waals surface area contributed by atoms with Crippen LogP contribution in [-0.4, -0.2) is 23.8 Å². The smallest absolute Gasteiger partial charge is 0.358 e. The van der Waals surface area contributed by atoms with Gasteiger partial charge in [-0.1, -0.05) is 13.3 Å². The number of rotatable bonds is 5. The molecule has 0 radical (unpaired) electrons. The van der Waals surface area contributed by atoms with Crippen molar-refractivity contribution in [2.24, 2.45) is 0 Å². The van der Waals surface area contributed by atoms with E-state index in [0.29, 0.717) is 4.88 Å². The van der Waals surface area contributed by atoms with Crippen LogP contribution in [0.3, 0.4) is 0 Å². The molecule has 0 aliphatic heterocycles. The minimum absolute atomic E-state index is 0.138. The lowest BCUT2D eigenvalue weighted by atomic mass is 10.2. The Morgan fingerprint density at radius 2 is 2.12 bits per heavy atom. The van der Waals surface area contributed by atoms with Crippen molar-refractivity contribution in [3.63, 3.8) is 0 Å². The fraction of sp³-hybridized carbons (Fsp3) is 0.545. The molecular weight excluding hydrogens is 226 g/mol. The highest BCUT2D eigenvalue weighted by Gasteiger charge is 2.21. The van der Waals surface area contributed by atoms with Gasteiger partial charge >= 0.3 is 5.97 Å². The van der Waals surface area contributed by atoms with Gasteiger partial charge in [0.2, 0.25) is 0 Å². The maximum absolute atomic E-state index is 11.4. The van der Waals surface area contributed by atoms with Crippen LogP contribution in [0.2, 0.25) is 0 Å². The number of thiazole rings is 1. The lowest BCUT2D eigenvalue weighted by Gasteiger charge is -1.95. The van der Waals surface area contributed by atoms with E-state index in [0.717, 1.165) is 24.3 Å². The Hall–Kier alpha value is -1.23. The molecule has 0 aromatic carbocycles. The molecule has 0 aliphatic carbocycles. The van der Waals surface area contributed by atoms with Crippen molar-refractivity contribution < 1.29 is 14.3 Å². The van der Waals surface area contributed by atoms with Crippen LogP contribution in [0.5, 0.6) is 0 Å². The van der Waals surface area contributed by atoms with Crippen LogP contribution < -0.4 is 0 Å². The number of ketones is 1. The van der Waals surface area contributed by atoms with E-state index < -0.39 is 5.97 Å². The number of unbranched alkanes of at least 4 members (excludes halogenated alkanes) is 1. The highest BCUT2D eigenvalue weighted by molar-refractivity contribution is 7.14. The Labute approximate surface area is 98.6 Å². The van der Waals surface area contributed by atoms with Crippen molar-refractivity contribution >= 4 is 23.1 Å². The molecule has 16 heavy (non-hydrogen) atoms. The number of methoxy groups -OCH3 is 1. The summed E-state index contributed by atoms with van der Waals surface area (Å²) in [6.45, 7) is 3.52. The molecular formula is C11H15NO3S. The molecule has 0 aliphatic rings. The summed E-state index contributed by atoms with van der Waals surface area (Å²) in [5.74, 6) is -0.676. The van der Waals surface area contributed by atoms with Gasteiger partial charge < -0.3 is 4.74 Å². The SMILES string of the molecule is CCCCc1nc(C(=O)OC)c(C(C)=O)s1. The van der Waals surface area contributed by atoms with Crippen LogP contribution in [0.1, 0.15) is 51.9 Å². The lowest BCUT2D eigenvalue weighted by Crippen LogP contribution is -2.07. The Morgan fingerprint density at radius 1 is 1.44 bits per heavy atom. The number of hydrogen-bond donors (Lipinski definition) is 0. The van der Waals surface area contributed by atoms with E-state index in [-0.39, 0.29) is 11.5 Å². The molecule has 0 amide bonds. The lowest BCUT2D eigenvalue weighted by molar-refractivity contribution is 0.0591. The van der Waals surface area contributed by atoms with Gasteiger partial charge in [-0.3, -0.25) is 4.79 Å². The van der Waals surface area contributed by atoms with Gasteiger partial charge in [-0.25, -0.2) is 9.78 Å².